The minimum atomic E-state index is -3.28. The van der Waals surface area contributed by atoms with Crippen LogP contribution in [0.2, 0.25) is 10.0 Å². The molecule has 2 N–H and O–H groups in total. The molecule has 2 fully saturated rings. The van der Waals surface area contributed by atoms with Crippen molar-refractivity contribution in [3.63, 3.8) is 0 Å². The van der Waals surface area contributed by atoms with Crippen molar-refractivity contribution in [3.05, 3.63) is 52.0 Å². The lowest BCUT2D eigenvalue weighted by atomic mass is 9.89. The van der Waals surface area contributed by atoms with Crippen LogP contribution in [0.15, 0.2) is 40.8 Å². The highest BCUT2D eigenvalue weighted by atomic mass is 35.5. The quantitative estimate of drug-likeness (QED) is 0.374. The van der Waals surface area contributed by atoms with Gasteiger partial charge in [-0.2, -0.15) is 8.78 Å². The third-order valence-corrected chi connectivity index (χ3v) is 7.21. The van der Waals surface area contributed by atoms with Crippen LogP contribution < -0.4 is 20.3 Å². The van der Waals surface area contributed by atoms with Crippen LogP contribution in [0.3, 0.4) is 0 Å². The zero-order valence-corrected chi connectivity index (χ0v) is 21.8. The summed E-state index contributed by atoms with van der Waals surface area (Å²) < 4.78 is 36.2. The standard InChI is InChI=1S/C25H23Cl2F2N5O4/c1-12-19(30-24-33-32-23(37-24)13-3-5-15(6-4-13)38-25(2,28)29)11-34(12)14-9-17(26)21(18(27)10-14)16-7-8-20(35)31-22(16)36/h3-6,9-10,12,16,19H,7-8,11H2,1-2H3,(H,30,33)(H,31,35,36)/t12-,16?,19+/m1/s1. The van der Waals surface area contributed by atoms with Crippen LogP contribution in [0, 0.1) is 0 Å². The van der Waals surface area contributed by atoms with Crippen LogP contribution >= 0.6 is 23.2 Å². The van der Waals surface area contributed by atoms with Crippen LogP contribution in [0.1, 0.15) is 38.2 Å². The molecular weight excluding hydrogens is 543 g/mol. The van der Waals surface area contributed by atoms with Gasteiger partial charge in [0.05, 0.1) is 12.0 Å². The van der Waals surface area contributed by atoms with Gasteiger partial charge >= 0.3 is 12.1 Å². The van der Waals surface area contributed by atoms with E-state index >= 15 is 0 Å². The minimum absolute atomic E-state index is 0.0155. The monoisotopic (exact) mass is 565 g/mol. The van der Waals surface area contributed by atoms with E-state index in [-0.39, 0.29) is 42.1 Å². The summed E-state index contributed by atoms with van der Waals surface area (Å²) in [4.78, 5) is 25.9. The maximum absolute atomic E-state index is 13.0. The van der Waals surface area contributed by atoms with Gasteiger partial charge in [-0.05, 0) is 49.7 Å². The van der Waals surface area contributed by atoms with Crippen molar-refractivity contribution >= 4 is 46.7 Å². The molecular formula is C25H23Cl2F2N5O4. The third-order valence-electron chi connectivity index (χ3n) is 6.58. The Kier molecular flexibility index (Phi) is 6.91. The first-order valence-electron chi connectivity index (χ1n) is 11.8. The molecule has 38 heavy (non-hydrogen) atoms. The lowest BCUT2D eigenvalue weighted by Gasteiger charge is -2.48. The van der Waals surface area contributed by atoms with Gasteiger partial charge < -0.3 is 19.4 Å². The smallest absolute Gasteiger partial charge is 0.394 e. The Morgan fingerprint density at radius 1 is 1.16 bits per heavy atom. The molecule has 1 aromatic heterocycles. The Morgan fingerprint density at radius 3 is 2.45 bits per heavy atom. The summed E-state index contributed by atoms with van der Waals surface area (Å²) in [7, 11) is 0. The van der Waals surface area contributed by atoms with Gasteiger partial charge in [-0.25, -0.2) is 0 Å². The molecule has 9 nitrogen and oxygen atoms in total. The number of halogens is 4. The van der Waals surface area contributed by atoms with Gasteiger partial charge in [-0.3, -0.25) is 14.9 Å². The molecule has 2 saturated heterocycles. The van der Waals surface area contributed by atoms with Crippen LogP contribution in [0.4, 0.5) is 20.5 Å². The molecule has 2 aromatic carbocycles. The summed E-state index contributed by atoms with van der Waals surface area (Å²) in [5, 5.41) is 14.3. The second-order valence-electron chi connectivity index (χ2n) is 9.32. The van der Waals surface area contributed by atoms with E-state index in [4.69, 9.17) is 27.6 Å². The molecule has 200 valence electrons. The summed E-state index contributed by atoms with van der Waals surface area (Å²) >= 11 is 13.1. The van der Waals surface area contributed by atoms with Gasteiger partial charge in [0.25, 0.3) is 0 Å². The number of nitrogens with one attached hydrogen (secondary N) is 2. The predicted molar refractivity (Wildman–Crippen MR) is 137 cm³/mol. The summed E-state index contributed by atoms with van der Waals surface area (Å²) in [5.74, 6) is -1.03. The Morgan fingerprint density at radius 2 is 1.84 bits per heavy atom. The van der Waals surface area contributed by atoms with E-state index in [9.17, 15) is 18.4 Å². The molecule has 3 atom stereocenters. The molecule has 1 unspecified atom stereocenters. The van der Waals surface area contributed by atoms with E-state index in [2.05, 4.69) is 30.5 Å². The zero-order valence-electron chi connectivity index (χ0n) is 20.3. The number of amides is 2. The van der Waals surface area contributed by atoms with Gasteiger partial charge in [0.2, 0.25) is 17.7 Å². The van der Waals surface area contributed by atoms with Crippen molar-refractivity contribution in [2.75, 3.05) is 16.8 Å². The number of carbonyl (C=O) groups is 2. The van der Waals surface area contributed by atoms with Gasteiger partial charge in [0, 0.05) is 52.8 Å². The molecule has 13 heteroatoms. The molecule has 2 amide bonds. The lowest BCUT2D eigenvalue weighted by Crippen LogP contribution is -2.62. The fourth-order valence-electron chi connectivity index (χ4n) is 4.58. The minimum Gasteiger partial charge on any atom is -0.433 e. The molecule has 3 heterocycles. The number of carbonyl (C=O) groups excluding carboxylic acids is 2. The van der Waals surface area contributed by atoms with E-state index in [1.807, 2.05) is 6.92 Å². The number of rotatable bonds is 7. The number of hydrogen-bond donors (Lipinski definition) is 2. The molecule has 0 spiro atoms. The topological polar surface area (TPSA) is 110 Å². The number of imide groups is 1. The van der Waals surface area contributed by atoms with Crippen LogP contribution in [0.5, 0.6) is 5.75 Å². The Labute approximate surface area is 226 Å². The maximum Gasteiger partial charge on any atom is 0.394 e. The van der Waals surface area contributed by atoms with E-state index in [1.165, 1.54) is 12.1 Å². The molecule has 0 aliphatic carbocycles. The Bertz CT molecular complexity index is 1360. The lowest BCUT2D eigenvalue weighted by molar-refractivity contribution is -0.159. The van der Waals surface area contributed by atoms with Gasteiger partial charge in [0.15, 0.2) is 0 Å². The number of ether oxygens (including phenoxy) is 1. The molecule has 0 radical (unpaired) electrons. The number of hydrogen-bond acceptors (Lipinski definition) is 8. The first-order valence-corrected chi connectivity index (χ1v) is 12.6. The number of anilines is 2. The van der Waals surface area contributed by atoms with Crippen molar-refractivity contribution < 1.29 is 27.5 Å². The molecule has 3 aromatic rings. The highest BCUT2D eigenvalue weighted by Crippen LogP contribution is 2.41. The first-order chi connectivity index (χ1) is 18.0. The number of piperidine rings is 1. The molecule has 2 aliphatic heterocycles. The fraction of sp³-hybridized carbons (Fsp3) is 0.360. The highest BCUT2D eigenvalue weighted by molar-refractivity contribution is 6.37. The van der Waals surface area contributed by atoms with Crippen molar-refractivity contribution in [3.8, 4) is 17.2 Å². The average molecular weight is 566 g/mol. The highest BCUT2D eigenvalue weighted by Gasteiger charge is 2.38. The molecule has 2 aliphatic rings. The summed E-state index contributed by atoms with van der Waals surface area (Å²) in [6, 6.07) is 9.67. The summed E-state index contributed by atoms with van der Waals surface area (Å²) in [6.07, 6.45) is -2.69. The number of benzene rings is 2. The van der Waals surface area contributed by atoms with E-state index in [1.54, 1.807) is 24.3 Å². The third kappa shape index (κ3) is 5.39. The second-order valence-corrected chi connectivity index (χ2v) is 10.1. The normalized spacial score (nSPS) is 21.6. The number of aromatic nitrogens is 2. The van der Waals surface area contributed by atoms with Crippen LogP contribution in [-0.2, 0) is 9.59 Å². The Balaban J connectivity index is 1.22. The van der Waals surface area contributed by atoms with Crippen LogP contribution in [-0.4, -0.2) is 46.7 Å². The van der Waals surface area contributed by atoms with E-state index in [0.717, 1.165) is 5.69 Å². The summed E-state index contributed by atoms with van der Waals surface area (Å²) in [5.41, 5.74) is 1.88. The first kappa shape index (κ1) is 26.2. The number of nitrogens with zero attached hydrogens (tertiary/aromatic N) is 3. The predicted octanol–water partition coefficient (Wildman–Crippen LogP) is 5.24. The molecule has 0 bridgehead atoms. The van der Waals surface area contributed by atoms with Crippen molar-refractivity contribution in [2.24, 2.45) is 0 Å². The Hall–Kier alpha value is -3.44. The average Bonchev–Trinajstić information content (AvgIpc) is 3.30. The molecule has 5 rings (SSSR count). The van der Waals surface area contributed by atoms with E-state index in [0.29, 0.717) is 41.1 Å². The van der Waals surface area contributed by atoms with Crippen molar-refractivity contribution in [2.45, 2.75) is 50.8 Å². The van der Waals surface area contributed by atoms with E-state index < -0.39 is 17.9 Å². The van der Waals surface area contributed by atoms with Gasteiger partial charge in [0.1, 0.15) is 5.75 Å². The van der Waals surface area contributed by atoms with Gasteiger partial charge in [-0.15, -0.1) is 5.10 Å². The van der Waals surface area contributed by atoms with Gasteiger partial charge in [-0.1, -0.05) is 28.3 Å². The molecule has 0 saturated carbocycles. The zero-order chi connectivity index (χ0) is 27.2. The largest absolute Gasteiger partial charge is 0.433 e. The second kappa shape index (κ2) is 10.0. The number of alkyl halides is 2. The SMILES string of the molecule is C[C@@H]1[C@@H](Nc2nnc(-c3ccc(OC(C)(F)F)cc3)o2)CN1c1cc(Cl)c(C2CCC(=O)NC2=O)c(Cl)c1. The maximum atomic E-state index is 13.0. The van der Waals surface area contributed by atoms with Crippen LogP contribution in [0.25, 0.3) is 11.5 Å². The fourth-order valence-corrected chi connectivity index (χ4v) is 5.32. The van der Waals surface area contributed by atoms with Crippen molar-refractivity contribution in [1.29, 1.82) is 0 Å². The van der Waals surface area contributed by atoms with Crippen molar-refractivity contribution in [1.82, 2.24) is 15.5 Å². The summed E-state index contributed by atoms with van der Waals surface area (Å²) in [6.45, 7) is 3.27.